The molecule has 0 aromatic rings. The Morgan fingerprint density at radius 2 is 1.78 bits per heavy atom. The number of hydrogen-bond acceptors (Lipinski definition) is 4. The van der Waals surface area contributed by atoms with Gasteiger partial charge in [0.05, 0.1) is 19.1 Å². The Balaban J connectivity index is 2.73. The quantitative estimate of drug-likeness (QED) is 0.536. The zero-order valence-corrected chi connectivity index (χ0v) is 10.5. The summed E-state index contributed by atoms with van der Waals surface area (Å²) < 4.78 is 0. The van der Waals surface area contributed by atoms with Crippen LogP contribution in [0.25, 0.3) is 0 Å². The standard InChI is InChI=1S/C11H20N4O3/c1-7-3-2-4-14-10(7)11(18)15(5-8(12)16)6-9(13)17/h7,10,14H,2-6H2,1H3,(H2,12,16)(H2,13,17). The summed E-state index contributed by atoms with van der Waals surface area (Å²) in [6, 6.07) is -0.377. The zero-order valence-electron chi connectivity index (χ0n) is 10.5. The smallest absolute Gasteiger partial charge is 0.240 e. The van der Waals surface area contributed by atoms with Crippen LogP contribution in [-0.4, -0.2) is 48.3 Å². The van der Waals surface area contributed by atoms with E-state index in [1.807, 2.05) is 6.92 Å². The summed E-state index contributed by atoms with van der Waals surface area (Å²) in [6.07, 6.45) is 1.95. The number of nitrogens with two attached hydrogens (primary N) is 2. The van der Waals surface area contributed by atoms with Crippen molar-refractivity contribution in [2.45, 2.75) is 25.8 Å². The maximum absolute atomic E-state index is 12.2. The number of primary amides is 2. The van der Waals surface area contributed by atoms with Crippen molar-refractivity contribution in [3.8, 4) is 0 Å². The van der Waals surface area contributed by atoms with Crippen molar-refractivity contribution in [3.63, 3.8) is 0 Å². The van der Waals surface area contributed by atoms with E-state index in [1.165, 1.54) is 0 Å². The third kappa shape index (κ3) is 3.99. The Hall–Kier alpha value is -1.63. The summed E-state index contributed by atoms with van der Waals surface area (Å²) >= 11 is 0. The van der Waals surface area contributed by atoms with Crippen molar-refractivity contribution in [1.82, 2.24) is 10.2 Å². The van der Waals surface area contributed by atoms with Crippen LogP contribution in [0.3, 0.4) is 0 Å². The fourth-order valence-corrected chi connectivity index (χ4v) is 2.16. The number of hydrogen-bond donors (Lipinski definition) is 3. The molecule has 2 unspecified atom stereocenters. The first-order valence-electron chi connectivity index (χ1n) is 6.00. The van der Waals surface area contributed by atoms with Crippen molar-refractivity contribution in [2.24, 2.45) is 17.4 Å². The Bertz CT molecular complexity index is 329. The molecule has 0 aliphatic carbocycles. The summed E-state index contributed by atoms with van der Waals surface area (Å²) in [7, 11) is 0. The molecular weight excluding hydrogens is 236 g/mol. The Morgan fingerprint density at radius 3 is 2.22 bits per heavy atom. The number of carbonyl (C=O) groups is 3. The predicted octanol–water partition coefficient (Wildman–Crippen LogP) is -1.83. The first-order chi connectivity index (χ1) is 8.41. The lowest BCUT2D eigenvalue weighted by molar-refractivity contribution is -0.141. The zero-order chi connectivity index (χ0) is 13.7. The molecule has 0 aromatic carbocycles. The van der Waals surface area contributed by atoms with Crippen molar-refractivity contribution >= 4 is 17.7 Å². The molecule has 0 spiro atoms. The van der Waals surface area contributed by atoms with E-state index < -0.39 is 11.8 Å². The van der Waals surface area contributed by atoms with Gasteiger partial charge in [-0.25, -0.2) is 0 Å². The minimum atomic E-state index is -0.659. The lowest BCUT2D eigenvalue weighted by Crippen LogP contribution is -2.55. The lowest BCUT2D eigenvalue weighted by Gasteiger charge is -2.32. The second kappa shape index (κ2) is 6.34. The first-order valence-corrected chi connectivity index (χ1v) is 6.00. The highest BCUT2D eigenvalue weighted by Gasteiger charge is 2.31. The minimum absolute atomic E-state index is 0.162. The van der Waals surface area contributed by atoms with E-state index in [0.29, 0.717) is 0 Å². The van der Waals surface area contributed by atoms with E-state index >= 15 is 0 Å². The maximum Gasteiger partial charge on any atom is 0.240 e. The molecule has 1 aliphatic heterocycles. The number of nitrogens with zero attached hydrogens (tertiary/aromatic N) is 1. The number of amides is 3. The highest BCUT2D eigenvalue weighted by Crippen LogP contribution is 2.17. The molecule has 18 heavy (non-hydrogen) atoms. The Morgan fingerprint density at radius 1 is 1.22 bits per heavy atom. The lowest BCUT2D eigenvalue weighted by atomic mass is 9.92. The SMILES string of the molecule is CC1CCCNC1C(=O)N(CC(N)=O)CC(N)=O. The first kappa shape index (κ1) is 14.4. The van der Waals surface area contributed by atoms with Crippen molar-refractivity contribution in [2.75, 3.05) is 19.6 Å². The fourth-order valence-electron chi connectivity index (χ4n) is 2.16. The highest BCUT2D eigenvalue weighted by atomic mass is 16.2. The van der Waals surface area contributed by atoms with Gasteiger partial charge < -0.3 is 21.7 Å². The molecule has 0 bridgehead atoms. The molecule has 3 amide bonds. The number of rotatable bonds is 5. The van der Waals surface area contributed by atoms with E-state index in [1.54, 1.807) is 0 Å². The fraction of sp³-hybridized carbons (Fsp3) is 0.727. The molecule has 7 heteroatoms. The van der Waals surface area contributed by atoms with Crippen molar-refractivity contribution in [3.05, 3.63) is 0 Å². The van der Waals surface area contributed by atoms with E-state index in [2.05, 4.69) is 5.32 Å². The summed E-state index contributed by atoms with van der Waals surface area (Å²) in [4.78, 5) is 35.2. The van der Waals surface area contributed by atoms with Crippen LogP contribution in [-0.2, 0) is 14.4 Å². The molecule has 7 nitrogen and oxygen atoms in total. The van der Waals surface area contributed by atoms with Crippen LogP contribution in [0.4, 0.5) is 0 Å². The van der Waals surface area contributed by atoms with Crippen LogP contribution in [0.5, 0.6) is 0 Å². The molecule has 0 radical (unpaired) electrons. The molecule has 1 heterocycles. The Kier molecular flexibility index (Phi) is 5.08. The van der Waals surface area contributed by atoms with Gasteiger partial charge in [0.25, 0.3) is 0 Å². The largest absolute Gasteiger partial charge is 0.368 e. The van der Waals surface area contributed by atoms with Gasteiger partial charge in [-0.15, -0.1) is 0 Å². The second-order valence-electron chi connectivity index (χ2n) is 4.68. The van der Waals surface area contributed by atoms with Crippen LogP contribution in [0.2, 0.25) is 0 Å². The van der Waals surface area contributed by atoms with Crippen LogP contribution in [0, 0.1) is 5.92 Å². The molecule has 5 N–H and O–H groups in total. The normalized spacial score (nSPS) is 23.4. The topological polar surface area (TPSA) is 119 Å². The van der Waals surface area contributed by atoms with Gasteiger partial charge in [0, 0.05) is 0 Å². The molecule has 1 fully saturated rings. The van der Waals surface area contributed by atoms with E-state index in [-0.39, 0.29) is 31.0 Å². The average molecular weight is 256 g/mol. The van der Waals surface area contributed by atoms with E-state index in [4.69, 9.17) is 11.5 Å². The molecule has 0 aromatic heterocycles. The second-order valence-corrected chi connectivity index (χ2v) is 4.68. The van der Waals surface area contributed by atoms with Gasteiger partial charge in [0.15, 0.2) is 0 Å². The van der Waals surface area contributed by atoms with Gasteiger partial charge in [0.2, 0.25) is 17.7 Å². The molecule has 102 valence electrons. The van der Waals surface area contributed by atoms with Gasteiger partial charge >= 0.3 is 0 Å². The van der Waals surface area contributed by atoms with Crippen LogP contribution >= 0.6 is 0 Å². The Labute approximate surface area is 106 Å². The van der Waals surface area contributed by atoms with Crippen molar-refractivity contribution < 1.29 is 14.4 Å². The summed E-state index contributed by atoms with van der Waals surface area (Å²) in [6.45, 7) is 2.14. The van der Waals surface area contributed by atoms with Crippen LogP contribution < -0.4 is 16.8 Å². The monoisotopic (exact) mass is 256 g/mol. The van der Waals surface area contributed by atoms with E-state index in [9.17, 15) is 14.4 Å². The molecule has 1 rings (SSSR count). The summed E-state index contributed by atoms with van der Waals surface area (Å²) in [5, 5.41) is 3.10. The van der Waals surface area contributed by atoms with Gasteiger partial charge in [-0.05, 0) is 25.3 Å². The summed E-state index contributed by atoms with van der Waals surface area (Å²) in [5.41, 5.74) is 10.1. The van der Waals surface area contributed by atoms with Crippen molar-refractivity contribution in [1.29, 1.82) is 0 Å². The maximum atomic E-state index is 12.2. The molecule has 0 saturated carbocycles. The number of carbonyl (C=O) groups excluding carboxylic acids is 3. The molecule has 1 saturated heterocycles. The third-order valence-electron chi connectivity index (χ3n) is 3.04. The predicted molar refractivity (Wildman–Crippen MR) is 65.2 cm³/mol. The summed E-state index contributed by atoms with van der Waals surface area (Å²) in [5.74, 6) is -1.45. The molecule has 2 atom stereocenters. The van der Waals surface area contributed by atoms with Crippen LogP contribution in [0.15, 0.2) is 0 Å². The molecular formula is C11H20N4O3. The highest BCUT2D eigenvalue weighted by molar-refractivity contribution is 5.90. The van der Waals surface area contributed by atoms with Gasteiger partial charge in [0.1, 0.15) is 0 Å². The number of piperidine rings is 1. The van der Waals surface area contributed by atoms with Gasteiger partial charge in [-0.3, -0.25) is 14.4 Å². The van der Waals surface area contributed by atoms with Gasteiger partial charge in [-0.2, -0.15) is 0 Å². The number of nitrogens with one attached hydrogen (secondary N) is 1. The minimum Gasteiger partial charge on any atom is -0.368 e. The average Bonchev–Trinajstić information content (AvgIpc) is 2.26. The van der Waals surface area contributed by atoms with Gasteiger partial charge in [-0.1, -0.05) is 6.92 Å². The van der Waals surface area contributed by atoms with E-state index in [0.717, 1.165) is 24.3 Å². The molecule has 1 aliphatic rings. The van der Waals surface area contributed by atoms with Crippen LogP contribution in [0.1, 0.15) is 19.8 Å². The third-order valence-corrected chi connectivity index (χ3v) is 3.04.